The number of anilines is 1. The molecular weight excluding hydrogens is 330 g/mol. The maximum atomic E-state index is 12.6. The van der Waals surface area contributed by atoms with Crippen molar-refractivity contribution in [2.75, 3.05) is 38.5 Å². The number of carbonyl (C=O) groups excluding carboxylic acids is 2. The second kappa shape index (κ2) is 7.76. The number of amides is 2. The van der Waals surface area contributed by atoms with Crippen molar-refractivity contribution in [2.45, 2.75) is 0 Å². The van der Waals surface area contributed by atoms with E-state index in [0.29, 0.717) is 29.9 Å². The zero-order chi connectivity index (χ0) is 18.5. The normalized spacial score (nSPS) is 14.5. The number of pyridine rings is 1. The molecule has 1 fully saturated rings. The van der Waals surface area contributed by atoms with Crippen molar-refractivity contribution in [3.8, 4) is 6.07 Å². The molecule has 26 heavy (non-hydrogen) atoms. The van der Waals surface area contributed by atoms with Crippen molar-refractivity contribution in [2.24, 2.45) is 0 Å². The number of nitrogens with zero attached hydrogens (tertiary/aromatic N) is 4. The average Bonchev–Trinajstić information content (AvgIpc) is 2.68. The molecule has 1 aliphatic heterocycles. The Morgan fingerprint density at radius 3 is 2.62 bits per heavy atom. The molecule has 0 radical (unpaired) electrons. The number of hydrogen-bond acceptors (Lipinski definition) is 5. The Morgan fingerprint density at radius 2 is 1.88 bits per heavy atom. The largest absolute Gasteiger partial charge is 0.336 e. The van der Waals surface area contributed by atoms with Gasteiger partial charge in [0.1, 0.15) is 11.8 Å². The van der Waals surface area contributed by atoms with Gasteiger partial charge in [-0.25, -0.2) is 0 Å². The van der Waals surface area contributed by atoms with Crippen LogP contribution in [-0.4, -0.2) is 59.8 Å². The Morgan fingerprint density at radius 1 is 1.15 bits per heavy atom. The summed E-state index contributed by atoms with van der Waals surface area (Å²) in [7, 11) is 2.02. The van der Waals surface area contributed by atoms with Crippen molar-refractivity contribution < 1.29 is 9.59 Å². The van der Waals surface area contributed by atoms with Gasteiger partial charge in [0.25, 0.3) is 11.8 Å². The second-order valence-corrected chi connectivity index (χ2v) is 6.14. The number of benzene rings is 1. The summed E-state index contributed by atoms with van der Waals surface area (Å²) in [5.41, 5.74) is 1.35. The molecular formula is C19H19N5O2. The third-order valence-electron chi connectivity index (χ3n) is 4.33. The Labute approximate surface area is 151 Å². The van der Waals surface area contributed by atoms with Gasteiger partial charge in [0.05, 0.1) is 11.3 Å². The minimum absolute atomic E-state index is 0.105. The van der Waals surface area contributed by atoms with E-state index in [1.165, 1.54) is 12.3 Å². The highest BCUT2D eigenvalue weighted by molar-refractivity contribution is 6.05. The molecule has 0 aliphatic carbocycles. The van der Waals surface area contributed by atoms with Crippen LogP contribution in [0, 0.1) is 11.3 Å². The summed E-state index contributed by atoms with van der Waals surface area (Å²) in [5.74, 6) is -0.562. The Kier molecular flexibility index (Phi) is 5.25. The second-order valence-electron chi connectivity index (χ2n) is 6.14. The lowest BCUT2D eigenvalue weighted by molar-refractivity contribution is 0.0664. The fourth-order valence-electron chi connectivity index (χ4n) is 2.76. The van der Waals surface area contributed by atoms with E-state index in [2.05, 4.69) is 15.2 Å². The predicted molar refractivity (Wildman–Crippen MR) is 96.7 cm³/mol. The molecule has 7 nitrogen and oxygen atoms in total. The van der Waals surface area contributed by atoms with Gasteiger partial charge in [-0.3, -0.25) is 14.6 Å². The van der Waals surface area contributed by atoms with Crippen molar-refractivity contribution in [1.82, 2.24) is 14.8 Å². The highest BCUT2D eigenvalue weighted by atomic mass is 16.2. The molecule has 0 unspecified atom stereocenters. The van der Waals surface area contributed by atoms with E-state index in [4.69, 9.17) is 5.26 Å². The van der Waals surface area contributed by atoms with E-state index >= 15 is 0 Å². The number of carbonyl (C=O) groups is 2. The van der Waals surface area contributed by atoms with Crippen LogP contribution >= 0.6 is 0 Å². The van der Waals surface area contributed by atoms with Crippen molar-refractivity contribution in [1.29, 1.82) is 5.26 Å². The van der Waals surface area contributed by atoms with Gasteiger partial charge < -0.3 is 15.1 Å². The number of piperazine rings is 1. The lowest BCUT2D eigenvalue weighted by atomic mass is 10.1. The summed E-state index contributed by atoms with van der Waals surface area (Å²) < 4.78 is 0. The molecule has 0 spiro atoms. The number of nitrogens with one attached hydrogen (secondary N) is 1. The molecule has 1 saturated heterocycles. The molecule has 0 bridgehead atoms. The van der Waals surface area contributed by atoms with E-state index in [1.807, 2.05) is 13.1 Å². The monoisotopic (exact) mass is 349 g/mol. The molecule has 0 saturated carbocycles. The summed E-state index contributed by atoms with van der Waals surface area (Å²) in [4.78, 5) is 33.1. The van der Waals surface area contributed by atoms with E-state index in [1.54, 1.807) is 35.2 Å². The molecule has 2 heterocycles. The topological polar surface area (TPSA) is 89.3 Å². The Balaban J connectivity index is 1.75. The lowest BCUT2D eigenvalue weighted by Gasteiger charge is -2.32. The van der Waals surface area contributed by atoms with Crippen LogP contribution in [0.4, 0.5) is 5.69 Å². The SMILES string of the molecule is CN1CCN(C(=O)c2ccnc(C(=O)Nc3ccccc3C#N)c2)CC1. The van der Waals surface area contributed by atoms with Crippen LogP contribution in [0.1, 0.15) is 26.4 Å². The number of rotatable bonds is 3. The summed E-state index contributed by atoms with van der Waals surface area (Å²) >= 11 is 0. The first-order chi connectivity index (χ1) is 12.6. The van der Waals surface area contributed by atoms with Gasteiger partial charge in [0.15, 0.2) is 0 Å². The van der Waals surface area contributed by atoms with Crippen LogP contribution in [0.3, 0.4) is 0 Å². The van der Waals surface area contributed by atoms with Crippen LogP contribution in [0.5, 0.6) is 0 Å². The van der Waals surface area contributed by atoms with Gasteiger partial charge in [0, 0.05) is 37.9 Å². The molecule has 1 N–H and O–H groups in total. The minimum Gasteiger partial charge on any atom is -0.336 e. The fourth-order valence-corrected chi connectivity index (χ4v) is 2.76. The first-order valence-corrected chi connectivity index (χ1v) is 8.33. The third-order valence-corrected chi connectivity index (χ3v) is 4.33. The van der Waals surface area contributed by atoms with Gasteiger partial charge in [-0.05, 0) is 31.3 Å². The van der Waals surface area contributed by atoms with Crippen LogP contribution in [0.15, 0.2) is 42.6 Å². The van der Waals surface area contributed by atoms with Gasteiger partial charge >= 0.3 is 0 Å². The lowest BCUT2D eigenvalue weighted by Crippen LogP contribution is -2.47. The predicted octanol–water partition coefficient (Wildman–Crippen LogP) is 1.59. The number of para-hydroxylation sites is 1. The standard InChI is InChI=1S/C19H19N5O2/c1-23-8-10-24(11-9-23)19(26)14-6-7-21-17(12-14)18(25)22-16-5-3-2-4-15(16)13-20/h2-7,12H,8-11H2,1H3,(H,22,25). The summed E-state index contributed by atoms with van der Waals surface area (Å²) in [5, 5.41) is 11.8. The fraction of sp³-hybridized carbons (Fsp3) is 0.263. The highest BCUT2D eigenvalue weighted by Crippen LogP contribution is 2.15. The molecule has 2 aromatic rings. The minimum atomic E-state index is -0.458. The van der Waals surface area contributed by atoms with Crippen LogP contribution in [0.2, 0.25) is 0 Å². The van der Waals surface area contributed by atoms with Crippen molar-refractivity contribution in [3.63, 3.8) is 0 Å². The number of nitriles is 1. The third kappa shape index (κ3) is 3.87. The molecule has 1 aliphatic rings. The molecule has 1 aromatic carbocycles. The average molecular weight is 349 g/mol. The van der Waals surface area contributed by atoms with E-state index in [9.17, 15) is 9.59 Å². The maximum Gasteiger partial charge on any atom is 0.274 e. The van der Waals surface area contributed by atoms with Crippen LogP contribution in [-0.2, 0) is 0 Å². The van der Waals surface area contributed by atoms with E-state index < -0.39 is 5.91 Å². The van der Waals surface area contributed by atoms with E-state index in [0.717, 1.165) is 13.1 Å². The van der Waals surface area contributed by atoms with Gasteiger partial charge in [-0.2, -0.15) is 5.26 Å². The van der Waals surface area contributed by atoms with Gasteiger partial charge in [-0.1, -0.05) is 12.1 Å². The van der Waals surface area contributed by atoms with Crippen molar-refractivity contribution >= 4 is 17.5 Å². The van der Waals surface area contributed by atoms with E-state index in [-0.39, 0.29) is 11.6 Å². The molecule has 3 rings (SSSR count). The highest BCUT2D eigenvalue weighted by Gasteiger charge is 2.21. The zero-order valence-corrected chi connectivity index (χ0v) is 14.5. The first kappa shape index (κ1) is 17.6. The number of aromatic nitrogens is 1. The molecule has 0 atom stereocenters. The first-order valence-electron chi connectivity index (χ1n) is 8.33. The quantitative estimate of drug-likeness (QED) is 0.909. The Hall–Kier alpha value is -3.24. The van der Waals surface area contributed by atoms with Gasteiger partial charge in [0.2, 0.25) is 0 Å². The zero-order valence-electron chi connectivity index (χ0n) is 14.5. The molecule has 2 amide bonds. The van der Waals surface area contributed by atoms with Crippen molar-refractivity contribution in [3.05, 3.63) is 59.4 Å². The molecule has 1 aromatic heterocycles. The summed E-state index contributed by atoms with van der Waals surface area (Å²) in [6, 6.07) is 11.9. The Bertz CT molecular complexity index is 866. The van der Waals surface area contributed by atoms with Crippen LogP contribution in [0.25, 0.3) is 0 Å². The maximum absolute atomic E-state index is 12.6. The number of likely N-dealkylation sites (N-methyl/N-ethyl adjacent to an activating group) is 1. The molecule has 7 heteroatoms. The smallest absolute Gasteiger partial charge is 0.274 e. The summed E-state index contributed by atoms with van der Waals surface area (Å²) in [6.07, 6.45) is 1.45. The molecule has 132 valence electrons. The number of hydrogen-bond donors (Lipinski definition) is 1. The van der Waals surface area contributed by atoms with Crippen LogP contribution < -0.4 is 5.32 Å². The van der Waals surface area contributed by atoms with Gasteiger partial charge in [-0.15, -0.1) is 0 Å². The summed E-state index contributed by atoms with van der Waals surface area (Å²) in [6.45, 7) is 2.98.